The molecule has 5 nitrogen and oxygen atoms in total. The van der Waals surface area contributed by atoms with E-state index in [2.05, 4.69) is 137 Å². The van der Waals surface area contributed by atoms with Crippen molar-refractivity contribution in [2.45, 2.75) is 0 Å². The van der Waals surface area contributed by atoms with Crippen LogP contribution < -0.4 is 4.90 Å². The third-order valence-corrected chi connectivity index (χ3v) is 9.76. The number of para-hydroxylation sites is 3. The molecule has 5 heteroatoms. The Kier molecular flexibility index (Phi) is 7.07. The summed E-state index contributed by atoms with van der Waals surface area (Å²) in [7, 11) is 0. The zero-order chi connectivity index (χ0) is 34.4. The van der Waals surface area contributed by atoms with Gasteiger partial charge >= 0.3 is 0 Å². The maximum absolute atomic E-state index is 5.06. The summed E-state index contributed by atoms with van der Waals surface area (Å²) in [4.78, 5) is 17.5. The van der Waals surface area contributed by atoms with Crippen LogP contribution in [0.3, 0.4) is 0 Å². The van der Waals surface area contributed by atoms with E-state index in [1.54, 1.807) is 0 Å². The highest BCUT2D eigenvalue weighted by atomic mass is 15.2. The first-order chi connectivity index (χ1) is 25.8. The van der Waals surface area contributed by atoms with Gasteiger partial charge in [-0.3, -0.25) is 0 Å². The van der Waals surface area contributed by atoms with Crippen LogP contribution in [0.2, 0.25) is 0 Å². The molecule has 0 unspecified atom stereocenters. The van der Waals surface area contributed by atoms with E-state index in [1.807, 2.05) is 60.7 Å². The summed E-state index contributed by atoms with van der Waals surface area (Å²) in [6.45, 7) is 0. The second kappa shape index (κ2) is 12.3. The molecule has 0 aliphatic carbocycles. The number of hydrogen-bond donors (Lipinski definition) is 0. The lowest BCUT2D eigenvalue weighted by molar-refractivity contribution is 1.07. The Balaban J connectivity index is 1.24. The van der Waals surface area contributed by atoms with Crippen molar-refractivity contribution in [3.63, 3.8) is 0 Å². The van der Waals surface area contributed by atoms with Gasteiger partial charge in [0, 0.05) is 44.4 Å². The van der Waals surface area contributed by atoms with Gasteiger partial charge in [-0.25, -0.2) is 15.0 Å². The van der Waals surface area contributed by atoms with E-state index in [4.69, 9.17) is 15.0 Å². The van der Waals surface area contributed by atoms with E-state index in [0.717, 1.165) is 56.0 Å². The van der Waals surface area contributed by atoms with Gasteiger partial charge in [0.05, 0.1) is 22.4 Å². The van der Waals surface area contributed by atoms with Crippen molar-refractivity contribution < 1.29 is 0 Å². The van der Waals surface area contributed by atoms with Crippen molar-refractivity contribution in [1.29, 1.82) is 0 Å². The molecule has 2 aromatic heterocycles. The van der Waals surface area contributed by atoms with Crippen LogP contribution in [0.25, 0.3) is 73.8 Å². The molecule has 0 fully saturated rings. The average molecular weight is 666 g/mol. The Bertz CT molecular complexity index is 2730. The van der Waals surface area contributed by atoms with Gasteiger partial charge in [0.15, 0.2) is 17.5 Å². The number of fused-ring (bicyclic) bond motifs is 6. The lowest BCUT2D eigenvalue weighted by Crippen LogP contribution is -2.13. The smallest absolute Gasteiger partial charge is 0.164 e. The van der Waals surface area contributed by atoms with E-state index in [-0.39, 0.29) is 0 Å². The minimum Gasteiger partial charge on any atom is -0.307 e. The van der Waals surface area contributed by atoms with Crippen LogP contribution in [-0.2, 0) is 0 Å². The Labute approximate surface area is 301 Å². The number of aromatic nitrogens is 4. The van der Waals surface area contributed by atoms with E-state index in [1.165, 1.54) is 16.3 Å². The third kappa shape index (κ3) is 4.98. The van der Waals surface area contributed by atoms with Crippen molar-refractivity contribution in [3.8, 4) is 39.9 Å². The lowest BCUT2D eigenvalue weighted by atomic mass is 10.1. The maximum atomic E-state index is 5.06. The van der Waals surface area contributed by atoms with Crippen LogP contribution in [0.5, 0.6) is 0 Å². The molecule has 0 N–H and O–H groups in total. The molecule has 0 atom stereocenters. The zero-order valence-electron chi connectivity index (χ0n) is 28.1. The normalized spacial score (nSPS) is 12.1. The van der Waals surface area contributed by atoms with Gasteiger partial charge in [-0.05, 0) is 42.0 Å². The standard InChI is InChI=1S/C47H31N5/c1-4-16-34(17-5-1)45-48-46(35-18-6-2-7-19-35)50-47(49-45)36-20-14-23-38(31-36)52-42-26-13-11-24-39(42)40-30-29-33-28-27-32-15-10-12-25-41(32)51(43(33)44(40)52)37-21-8-3-9-22-37/h1-31H. The fourth-order valence-corrected chi connectivity index (χ4v) is 7.39. The van der Waals surface area contributed by atoms with Crippen molar-refractivity contribution in [3.05, 3.63) is 187 Å². The minimum absolute atomic E-state index is 0.622. The summed E-state index contributed by atoms with van der Waals surface area (Å²) in [6.07, 6.45) is 4.47. The fourth-order valence-electron chi connectivity index (χ4n) is 7.39. The summed E-state index contributed by atoms with van der Waals surface area (Å²) < 4.78 is 2.40. The van der Waals surface area contributed by atoms with Gasteiger partial charge in [-0.2, -0.15) is 0 Å². The van der Waals surface area contributed by atoms with E-state index in [0.29, 0.717) is 17.5 Å². The Hall–Kier alpha value is -7.11. The molecule has 0 amide bonds. The second-order valence-electron chi connectivity index (χ2n) is 12.9. The summed E-state index contributed by atoms with van der Waals surface area (Å²) in [5, 5.41) is 2.38. The highest BCUT2D eigenvalue weighted by Gasteiger charge is 2.26. The molecule has 1 aliphatic heterocycles. The molecule has 7 aromatic carbocycles. The van der Waals surface area contributed by atoms with Crippen molar-refractivity contribution >= 4 is 51.0 Å². The zero-order valence-corrected chi connectivity index (χ0v) is 28.1. The van der Waals surface area contributed by atoms with Gasteiger partial charge in [0.25, 0.3) is 0 Å². The van der Waals surface area contributed by atoms with Gasteiger partial charge < -0.3 is 9.47 Å². The Morgan fingerprint density at radius 2 is 0.942 bits per heavy atom. The van der Waals surface area contributed by atoms with Gasteiger partial charge in [0.2, 0.25) is 0 Å². The number of benzene rings is 7. The first-order valence-corrected chi connectivity index (χ1v) is 17.5. The number of hydrogen-bond acceptors (Lipinski definition) is 4. The van der Waals surface area contributed by atoms with Crippen LogP contribution in [0.4, 0.5) is 17.1 Å². The summed E-state index contributed by atoms with van der Waals surface area (Å²) >= 11 is 0. The molecule has 3 heterocycles. The molecule has 10 rings (SSSR count). The van der Waals surface area contributed by atoms with E-state index in [9.17, 15) is 0 Å². The molecule has 52 heavy (non-hydrogen) atoms. The molecule has 0 saturated heterocycles. The molecular formula is C47H31N5. The van der Waals surface area contributed by atoms with Crippen molar-refractivity contribution in [1.82, 2.24) is 19.5 Å². The number of rotatable bonds is 5. The van der Waals surface area contributed by atoms with Crippen LogP contribution in [0, 0.1) is 0 Å². The Morgan fingerprint density at radius 3 is 1.67 bits per heavy atom. The largest absolute Gasteiger partial charge is 0.307 e. The number of nitrogens with zero attached hydrogens (tertiary/aromatic N) is 5. The molecule has 244 valence electrons. The third-order valence-electron chi connectivity index (χ3n) is 9.76. The topological polar surface area (TPSA) is 46.8 Å². The maximum Gasteiger partial charge on any atom is 0.164 e. The first-order valence-electron chi connectivity index (χ1n) is 17.5. The fraction of sp³-hybridized carbons (Fsp3) is 0. The molecule has 1 aliphatic rings. The monoisotopic (exact) mass is 665 g/mol. The Morgan fingerprint density at radius 1 is 0.385 bits per heavy atom. The average Bonchev–Trinajstić information content (AvgIpc) is 3.46. The quantitative estimate of drug-likeness (QED) is 0.184. The van der Waals surface area contributed by atoms with E-state index < -0.39 is 0 Å². The van der Waals surface area contributed by atoms with Crippen LogP contribution in [-0.4, -0.2) is 19.5 Å². The SMILES string of the molecule is C1=Cc2ccc3c4ccccc4n(-c4cccc(-c5nc(-c6ccccc6)nc(-c6ccccc6)n5)c4)c3c2N(c2ccccc2)c2ccccc21. The summed E-state index contributed by atoms with van der Waals surface area (Å²) in [6, 6.07) is 61.3. The second-order valence-corrected chi connectivity index (χ2v) is 12.9. The molecule has 0 spiro atoms. The minimum atomic E-state index is 0.622. The van der Waals surface area contributed by atoms with Crippen molar-refractivity contribution in [2.75, 3.05) is 4.90 Å². The van der Waals surface area contributed by atoms with E-state index >= 15 is 0 Å². The van der Waals surface area contributed by atoms with Gasteiger partial charge in [-0.1, -0.05) is 152 Å². The van der Waals surface area contributed by atoms with Crippen LogP contribution >= 0.6 is 0 Å². The highest BCUT2D eigenvalue weighted by Crippen LogP contribution is 2.48. The highest BCUT2D eigenvalue weighted by molar-refractivity contribution is 6.17. The number of anilines is 3. The predicted molar refractivity (Wildman–Crippen MR) is 214 cm³/mol. The molecule has 0 bridgehead atoms. The summed E-state index contributed by atoms with van der Waals surface area (Å²) in [5.74, 6) is 1.90. The molecule has 0 saturated carbocycles. The molecular weight excluding hydrogens is 635 g/mol. The van der Waals surface area contributed by atoms with Gasteiger partial charge in [-0.15, -0.1) is 0 Å². The first kappa shape index (κ1) is 29.8. The molecule has 0 radical (unpaired) electrons. The van der Waals surface area contributed by atoms with Crippen molar-refractivity contribution in [2.24, 2.45) is 0 Å². The summed E-state index contributed by atoms with van der Waals surface area (Å²) in [5.41, 5.74) is 11.8. The predicted octanol–water partition coefficient (Wildman–Crippen LogP) is 11.9. The molecule has 9 aromatic rings. The van der Waals surface area contributed by atoms with Crippen LogP contribution in [0.15, 0.2) is 176 Å². The van der Waals surface area contributed by atoms with Crippen LogP contribution in [0.1, 0.15) is 11.1 Å². The lowest BCUT2D eigenvalue weighted by Gasteiger charge is -2.28. The van der Waals surface area contributed by atoms with Gasteiger partial charge in [0.1, 0.15) is 0 Å².